The molecule has 0 saturated carbocycles. The van der Waals surface area contributed by atoms with Gasteiger partial charge < -0.3 is 4.74 Å². The van der Waals surface area contributed by atoms with E-state index in [0.717, 1.165) is 86.5 Å². The molecule has 4 aromatic carbocycles. The largest absolute Gasteiger partial charge is 0.416 e. The molecule has 0 spiro atoms. The first-order valence-corrected chi connectivity index (χ1v) is 20.0. The highest BCUT2D eigenvalue weighted by Gasteiger charge is 2.48. The van der Waals surface area contributed by atoms with Crippen LogP contribution in [0.25, 0.3) is 0 Å². The van der Waals surface area contributed by atoms with Crippen molar-refractivity contribution < 1.29 is 57.4 Å². The van der Waals surface area contributed by atoms with Gasteiger partial charge in [0, 0.05) is 18.0 Å². The third-order valence-electron chi connectivity index (χ3n) is 10.5. The molecule has 4 aliphatic heterocycles. The summed E-state index contributed by atoms with van der Waals surface area (Å²) in [6.07, 6.45) is -20.9. The normalized spacial score (nSPS) is 16.0. The number of amidine groups is 4. The van der Waals surface area contributed by atoms with Crippen molar-refractivity contribution in [2.45, 2.75) is 38.0 Å². The molecule has 14 nitrogen and oxygen atoms in total. The van der Waals surface area contributed by atoms with Crippen molar-refractivity contribution in [2.24, 2.45) is 20.0 Å². The van der Waals surface area contributed by atoms with Gasteiger partial charge in [-0.2, -0.15) is 63.2 Å². The van der Waals surface area contributed by atoms with E-state index < -0.39 is 76.5 Å². The van der Waals surface area contributed by atoms with Crippen molar-refractivity contribution >= 4 is 57.6 Å². The molecule has 0 atom stereocenters. The van der Waals surface area contributed by atoms with E-state index in [4.69, 9.17) is 4.74 Å². The number of aromatic nitrogens is 1. The molecule has 1 fully saturated rings. The summed E-state index contributed by atoms with van der Waals surface area (Å²) < 4.78 is 175. The summed E-state index contributed by atoms with van der Waals surface area (Å²) in [5.74, 6) is -2.60. The molecule has 0 amide bonds. The van der Waals surface area contributed by atoms with E-state index in [1.807, 2.05) is 0 Å². The quantitative estimate of drug-likeness (QED) is 0.144. The second-order valence-electron chi connectivity index (χ2n) is 15.0. The number of halogens is 12. The van der Waals surface area contributed by atoms with Crippen LogP contribution in [0.1, 0.15) is 40.4 Å². The average Bonchev–Trinajstić information content (AvgIpc) is 4.01. The maximum absolute atomic E-state index is 14.2. The van der Waals surface area contributed by atoms with Gasteiger partial charge in [0.25, 0.3) is 0 Å². The molecule has 70 heavy (non-hydrogen) atoms. The minimum atomic E-state index is -4.91. The Hall–Kier alpha value is -8.65. The van der Waals surface area contributed by atoms with Crippen LogP contribution in [0.4, 0.5) is 86.9 Å². The van der Waals surface area contributed by atoms with Gasteiger partial charge in [0.1, 0.15) is 12.1 Å². The number of hydrogen-bond acceptors (Lipinski definition) is 14. The molecular weight excluding hydrogens is 955 g/mol. The standard InChI is InChI=1S/C44H25F12N13O/c1-2-70-40-68(64-27-11-3-7-23(16-27)41(45,46)47)38-39(69(40)65-28-12-4-8-24(17-28)42(48,49)50)63-34(62-38)33-60-36-37(61-33)67(30-14-6-10-26(19-30)44(54,55)56)35-32(15-22(20-57)31(21-58)59-35)66(36)29-13-5-9-25(18-29)43(51,52)53/h3-19,40,64-65H,2H2,1H3. The monoisotopic (exact) mass is 979 g/mol. The third-order valence-corrected chi connectivity index (χ3v) is 10.5. The average molecular weight is 980 g/mol. The van der Waals surface area contributed by atoms with E-state index >= 15 is 0 Å². The Labute approximate surface area is 385 Å². The lowest BCUT2D eigenvalue weighted by molar-refractivity contribution is -0.138. The second-order valence-corrected chi connectivity index (χ2v) is 15.0. The minimum Gasteiger partial charge on any atom is -0.338 e. The molecule has 5 heterocycles. The van der Waals surface area contributed by atoms with Crippen LogP contribution in [0.2, 0.25) is 0 Å². The molecule has 26 heteroatoms. The molecule has 5 aromatic rings. The molecular formula is C44H25F12N13O. The number of fused-ring (bicyclic) bond motifs is 3. The number of pyridine rings is 1. The van der Waals surface area contributed by atoms with Crippen LogP contribution < -0.4 is 20.7 Å². The van der Waals surface area contributed by atoms with Gasteiger partial charge in [-0.25, -0.2) is 35.0 Å². The highest BCUT2D eigenvalue weighted by Crippen LogP contribution is 2.47. The van der Waals surface area contributed by atoms with Gasteiger partial charge in [-0.3, -0.25) is 20.7 Å². The summed E-state index contributed by atoms with van der Waals surface area (Å²) >= 11 is 0. The highest BCUT2D eigenvalue weighted by molar-refractivity contribution is 6.55. The zero-order valence-corrected chi connectivity index (χ0v) is 35.0. The number of rotatable bonds is 8. The molecule has 4 aliphatic rings. The Kier molecular flexibility index (Phi) is 11.2. The van der Waals surface area contributed by atoms with E-state index in [-0.39, 0.29) is 63.9 Å². The lowest BCUT2D eigenvalue weighted by Crippen LogP contribution is -2.47. The van der Waals surface area contributed by atoms with Gasteiger partial charge in [-0.15, -0.1) is 0 Å². The number of nitriles is 2. The lowest BCUT2D eigenvalue weighted by Gasteiger charge is -2.38. The number of hydrazine groups is 2. The van der Waals surface area contributed by atoms with Crippen molar-refractivity contribution in [3.05, 3.63) is 148 Å². The van der Waals surface area contributed by atoms with Crippen molar-refractivity contribution in [3.63, 3.8) is 0 Å². The minimum absolute atomic E-state index is 0.103. The summed E-state index contributed by atoms with van der Waals surface area (Å²) in [4.78, 5) is 24.7. The maximum Gasteiger partial charge on any atom is 0.416 e. The summed E-state index contributed by atoms with van der Waals surface area (Å²) in [5, 5.41) is 22.2. The van der Waals surface area contributed by atoms with E-state index in [2.05, 4.69) is 35.8 Å². The molecule has 1 aromatic heterocycles. The lowest BCUT2D eigenvalue weighted by atomic mass is 10.1. The molecule has 2 N–H and O–H groups in total. The van der Waals surface area contributed by atoms with Gasteiger partial charge in [0.2, 0.25) is 18.0 Å². The van der Waals surface area contributed by atoms with Crippen LogP contribution >= 0.6 is 0 Å². The summed E-state index contributed by atoms with van der Waals surface area (Å²) in [5.41, 5.74) is -0.977. The predicted molar refractivity (Wildman–Crippen MR) is 227 cm³/mol. The highest BCUT2D eigenvalue weighted by atomic mass is 19.4. The van der Waals surface area contributed by atoms with Gasteiger partial charge >= 0.3 is 24.7 Å². The van der Waals surface area contributed by atoms with Crippen molar-refractivity contribution in [1.82, 2.24) is 15.0 Å². The van der Waals surface area contributed by atoms with E-state index in [0.29, 0.717) is 12.1 Å². The first-order chi connectivity index (χ1) is 33.1. The Bertz CT molecular complexity index is 3010. The Morgan fingerprint density at radius 1 is 0.543 bits per heavy atom. The fourth-order valence-electron chi connectivity index (χ4n) is 7.48. The predicted octanol–water partition coefficient (Wildman–Crippen LogP) is 10.9. The SMILES string of the molecule is CCOC1N(Nc2cccc(C(F)(F)F)c2)C2=NC(=C3N=C4C(=N3)N(c3cccc(C(F)(F)F)c3)c3nc(C#N)c(C#N)cc3N4c3cccc(C(F)(F)F)c3)N=C2N1Nc1cccc(C(F)(F)F)c1. The number of benzene rings is 4. The zero-order chi connectivity index (χ0) is 50.1. The number of aliphatic imine (C=N–C) groups is 4. The first-order valence-electron chi connectivity index (χ1n) is 20.0. The zero-order valence-electron chi connectivity index (χ0n) is 35.0. The smallest absolute Gasteiger partial charge is 0.338 e. The van der Waals surface area contributed by atoms with E-state index in [9.17, 15) is 63.2 Å². The number of anilines is 6. The first kappa shape index (κ1) is 46.5. The van der Waals surface area contributed by atoms with Crippen molar-refractivity contribution in [3.8, 4) is 12.1 Å². The summed E-state index contributed by atoms with van der Waals surface area (Å²) in [6.45, 7) is 1.44. The number of nitrogens with zero attached hydrogens (tertiary/aromatic N) is 11. The molecule has 9 rings (SSSR count). The fourth-order valence-corrected chi connectivity index (χ4v) is 7.48. The Morgan fingerprint density at radius 2 is 0.957 bits per heavy atom. The van der Waals surface area contributed by atoms with Gasteiger partial charge in [0.15, 0.2) is 34.9 Å². The topological polar surface area (TPSA) is 156 Å². The van der Waals surface area contributed by atoms with E-state index in [1.165, 1.54) is 24.3 Å². The molecule has 0 unspecified atom stereocenters. The Balaban J connectivity index is 1.27. The number of ether oxygens (including phenoxy) is 1. The number of nitrogens with one attached hydrogen (secondary N) is 2. The van der Waals surface area contributed by atoms with Crippen LogP contribution in [0.15, 0.2) is 135 Å². The maximum atomic E-state index is 14.2. The van der Waals surface area contributed by atoms with Crippen LogP contribution in [-0.4, -0.2) is 51.3 Å². The Morgan fingerprint density at radius 3 is 1.39 bits per heavy atom. The molecule has 0 aliphatic carbocycles. The fraction of sp³-hybridized carbons (Fsp3) is 0.159. The van der Waals surface area contributed by atoms with Crippen LogP contribution in [-0.2, 0) is 29.4 Å². The summed E-state index contributed by atoms with van der Waals surface area (Å²) in [7, 11) is 0. The van der Waals surface area contributed by atoms with Crippen molar-refractivity contribution in [2.75, 3.05) is 27.3 Å². The summed E-state index contributed by atoms with van der Waals surface area (Å²) in [6, 6.07) is 19.9. The molecule has 0 bridgehead atoms. The number of alkyl halides is 12. The van der Waals surface area contributed by atoms with Crippen molar-refractivity contribution in [1.29, 1.82) is 10.5 Å². The second kappa shape index (κ2) is 16.8. The molecule has 0 radical (unpaired) electrons. The van der Waals surface area contributed by atoms with Crippen LogP contribution in [0.3, 0.4) is 0 Å². The van der Waals surface area contributed by atoms with Crippen LogP contribution in [0, 0.1) is 22.7 Å². The van der Waals surface area contributed by atoms with Crippen LogP contribution in [0.5, 0.6) is 0 Å². The van der Waals surface area contributed by atoms with Gasteiger partial charge in [-0.05, 0) is 85.8 Å². The molecule has 1 saturated heterocycles. The van der Waals surface area contributed by atoms with E-state index in [1.54, 1.807) is 19.1 Å². The third kappa shape index (κ3) is 8.48. The number of hydrogen-bond donors (Lipinski definition) is 2. The van der Waals surface area contributed by atoms with Gasteiger partial charge in [0.05, 0.1) is 44.9 Å². The molecule has 356 valence electrons. The van der Waals surface area contributed by atoms with Gasteiger partial charge in [-0.1, -0.05) is 24.3 Å².